The molecule has 62 heavy (non-hydrogen) atoms. The molecule has 0 radical (unpaired) electrons. The number of benzene rings is 2. The predicted octanol–water partition coefficient (Wildman–Crippen LogP) is 4.84. The summed E-state index contributed by atoms with van der Waals surface area (Å²) in [5, 5.41) is 16.6. The Balaban J connectivity index is 0.000000207. The summed E-state index contributed by atoms with van der Waals surface area (Å²) in [7, 11) is 2.23. The molecule has 4 aromatic rings. The van der Waals surface area contributed by atoms with Gasteiger partial charge in [0.1, 0.15) is 29.6 Å². The number of aryl methyl sites for hydroxylation is 1. The molecule has 15 heteroatoms. The Morgan fingerprint density at radius 3 is 2.35 bits per heavy atom. The van der Waals surface area contributed by atoms with Crippen LogP contribution in [0.25, 0.3) is 16.7 Å². The number of nitrogens with two attached hydrogens (primary N) is 3. The van der Waals surface area contributed by atoms with E-state index in [1.807, 2.05) is 32.0 Å². The molecule has 7 rings (SSSR count). The number of likely N-dealkylation sites (tertiary alicyclic amines) is 2. The molecule has 3 saturated heterocycles. The van der Waals surface area contributed by atoms with Crippen LogP contribution in [0.2, 0.25) is 0 Å². The Hall–Kier alpha value is -5.90. The van der Waals surface area contributed by atoms with Gasteiger partial charge in [-0.15, -0.1) is 0 Å². The lowest BCUT2D eigenvalue weighted by molar-refractivity contribution is -0.116. The summed E-state index contributed by atoms with van der Waals surface area (Å²) >= 11 is 0. The largest absolute Gasteiger partial charge is 0.507 e. The number of anilines is 1. The number of hydrogen-bond acceptors (Lipinski definition) is 12. The fourth-order valence-corrected chi connectivity index (χ4v) is 8.68. The average Bonchev–Trinajstić information content (AvgIpc) is 3.60. The van der Waals surface area contributed by atoms with Crippen molar-refractivity contribution in [2.24, 2.45) is 23.1 Å². The first-order valence-corrected chi connectivity index (χ1v) is 21.7. The van der Waals surface area contributed by atoms with Gasteiger partial charge in [-0.05, 0) is 108 Å². The highest BCUT2D eigenvalue weighted by atomic mass is 16.5. The summed E-state index contributed by atoms with van der Waals surface area (Å²) in [6.45, 7) is 13.0. The maximum atomic E-state index is 12.0. The van der Waals surface area contributed by atoms with E-state index in [1.54, 1.807) is 48.7 Å². The van der Waals surface area contributed by atoms with Gasteiger partial charge in [-0.1, -0.05) is 36.4 Å². The molecular weight excluding hydrogens is 785 g/mol. The smallest absolute Gasteiger partial charge is 0.226 e. The van der Waals surface area contributed by atoms with Crippen LogP contribution < -0.4 is 27.8 Å². The van der Waals surface area contributed by atoms with Crippen LogP contribution in [0.1, 0.15) is 85.1 Å². The maximum Gasteiger partial charge on any atom is 0.226 e. The number of piperidine rings is 2. The number of phenolic OH excluding ortho intramolecular Hbond substituents is 1. The minimum absolute atomic E-state index is 0.0129. The molecule has 5 heterocycles. The zero-order chi connectivity index (χ0) is 44.3. The third kappa shape index (κ3) is 11.5. The Morgan fingerprint density at radius 2 is 1.69 bits per heavy atom. The van der Waals surface area contributed by atoms with Crippen molar-refractivity contribution in [2.75, 3.05) is 58.2 Å². The van der Waals surface area contributed by atoms with E-state index in [1.165, 1.54) is 38.0 Å². The van der Waals surface area contributed by atoms with E-state index < -0.39 is 0 Å². The van der Waals surface area contributed by atoms with Gasteiger partial charge in [0.2, 0.25) is 12.3 Å². The van der Waals surface area contributed by atoms with Crippen molar-refractivity contribution >= 4 is 41.0 Å². The second-order valence-electron chi connectivity index (χ2n) is 16.9. The molecule has 0 spiro atoms. The lowest BCUT2D eigenvalue weighted by Gasteiger charge is -2.44. The molecule has 332 valence electrons. The van der Waals surface area contributed by atoms with Gasteiger partial charge in [0.05, 0.1) is 29.7 Å². The monoisotopic (exact) mass is 849 g/mol. The molecule has 3 aliphatic heterocycles. The van der Waals surface area contributed by atoms with Gasteiger partial charge in [0.25, 0.3) is 0 Å². The van der Waals surface area contributed by atoms with Crippen LogP contribution in [0, 0.1) is 12.8 Å². The van der Waals surface area contributed by atoms with Crippen molar-refractivity contribution in [1.29, 1.82) is 0 Å². The quantitative estimate of drug-likeness (QED) is 0.0607. The highest BCUT2D eigenvalue weighted by Gasteiger charge is 2.34. The number of pyridine rings is 1. The second kappa shape index (κ2) is 21.3. The molecule has 0 aliphatic carbocycles. The van der Waals surface area contributed by atoms with Crippen LogP contribution in [0.15, 0.2) is 84.6 Å². The number of aromatic hydroxyl groups is 1. The number of aromatic nitrogens is 2. The number of fused-ring (bicyclic) bond motifs is 1. The predicted molar refractivity (Wildman–Crippen MR) is 244 cm³/mol. The number of allylic oxidation sites excluding steroid dienone is 1. The number of phenols is 1. The lowest BCUT2D eigenvalue weighted by atomic mass is 9.95. The molecule has 3 atom stereocenters. The van der Waals surface area contributed by atoms with Crippen LogP contribution in [-0.4, -0.2) is 113 Å². The molecule has 15 nitrogen and oxygen atoms in total. The van der Waals surface area contributed by atoms with Crippen LogP contribution in [-0.2, 0) is 14.3 Å². The molecule has 2 amide bonds. The number of aldehydes is 1. The van der Waals surface area contributed by atoms with Crippen molar-refractivity contribution in [3.8, 4) is 5.75 Å². The van der Waals surface area contributed by atoms with Crippen LogP contribution in [0.3, 0.4) is 0 Å². The van der Waals surface area contributed by atoms with Crippen molar-refractivity contribution in [3.63, 3.8) is 0 Å². The molecule has 3 unspecified atom stereocenters. The zero-order valence-corrected chi connectivity index (χ0v) is 36.5. The molecule has 2 aromatic carbocycles. The number of nitrogens with one attached hydrogen (secondary N) is 2. The van der Waals surface area contributed by atoms with Crippen molar-refractivity contribution in [2.45, 2.75) is 77.2 Å². The molecule has 0 saturated carbocycles. The third-order valence-corrected chi connectivity index (χ3v) is 12.5. The minimum atomic E-state index is -0.231. The Bertz CT molecular complexity index is 2200. The summed E-state index contributed by atoms with van der Waals surface area (Å²) in [6, 6.07) is 16.6. The highest BCUT2D eigenvalue weighted by molar-refractivity contribution is 5.93. The minimum Gasteiger partial charge on any atom is -0.507 e. The van der Waals surface area contributed by atoms with E-state index in [4.69, 9.17) is 26.9 Å². The fraction of sp³-hybridized carbons (Fsp3) is 0.447. The van der Waals surface area contributed by atoms with Gasteiger partial charge in [-0.3, -0.25) is 14.4 Å². The second-order valence-corrected chi connectivity index (χ2v) is 16.9. The number of amides is 2. The molecule has 9 N–H and O–H groups in total. The molecule has 0 bridgehead atoms. The first-order valence-electron chi connectivity index (χ1n) is 21.7. The molecule has 3 fully saturated rings. The van der Waals surface area contributed by atoms with Gasteiger partial charge in [-0.2, -0.15) is 0 Å². The molecular formula is C47H64N10O5. The van der Waals surface area contributed by atoms with E-state index >= 15 is 0 Å². The van der Waals surface area contributed by atoms with Gasteiger partial charge < -0.3 is 56.9 Å². The van der Waals surface area contributed by atoms with Crippen LogP contribution in [0.4, 0.5) is 5.69 Å². The zero-order valence-electron chi connectivity index (χ0n) is 36.5. The van der Waals surface area contributed by atoms with Gasteiger partial charge >= 0.3 is 0 Å². The van der Waals surface area contributed by atoms with E-state index in [0.717, 1.165) is 54.7 Å². The number of rotatable bonds is 13. The lowest BCUT2D eigenvalue weighted by Crippen LogP contribution is -2.49. The number of nitrogens with zero attached hydrogens (tertiary/aromatic N) is 5. The Morgan fingerprint density at radius 1 is 0.984 bits per heavy atom. The number of hydrogen-bond donors (Lipinski definition) is 6. The van der Waals surface area contributed by atoms with Gasteiger partial charge in [-0.25, -0.2) is 4.98 Å². The Labute approximate surface area is 364 Å². The summed E-state index contributed by atoms with van der Waals surface area (Å²) in [4.78, 5) is 45.2. The molecule has 3 aliphatic rings. The third-order valence-electron chi connectivity index (χ3n) is 12.5. The number of carbonyl (C=O) groups is 3. The SMILES string of the molecule is CC1OC(c2ccc(C=O)cc2)CN(C(/C=C(\N)c2ccccc2O)=C(N)N)C1C.Cc1cn(C2CCN(CC3CCN(C)CC3)CC2)c2ncc(NC(=O)CCNC=O)cc12. The summed E-state index contributed by atoms with van der Waals surface area (Å²) in [5.74, 6) is 0.929. The standard InChI is InChI=1S/C24H36N6O2.C23H28N4O3/c1-18-15-30(21-6-11-29(12-7-21)16-19-4-9-28(2)10-5-19)24-22(18)13-20(14-26-24)27-23(32)3-8-25-17-31;1-14-15(2)30-22(17-9-7-16(13-28)8-10-17)12-27(14)20(23(25)26)11-19(24)18-5-3-4-6-21(18)29/h13-15,17,19,21H,3-12,16H2,1-2H3,(H,25,31)(H,27,32);3-11,13-15,22,29H,12,24-26H2,1-2H3/b;19-11-. The summed E-state index contributed by atoms with van der Waals surface area (Å²) in [5.41, 5.74) is 24.2. The fourth-order valence-electron chi connectivity index (χ4n) is 8.68. The van der Waals surface area contributed by atoms with Crippen molar-refractivity contribution in [3.05, 3.63) is 107 Å². The normalized spacial score (nSPS) is 20.5. The van der Waals surface area contributed by atoms with E-state index in [2.05, 4.69) is 50.1 Å². The first kappa shape index (κ1) is 45.6. The van der Waals surface area contributed by atoms with E-state index in [0.29, 0.717) is 53.7 Å². The van der Waals surface area contributed by atoms with Crippen molar-refractivity contribution in [1.82, 2.24) is 29.6 Å². The maximum absolute atomic E-state index is 12.0. The number of para-hydroxylation sites is 1. The highest BCUT2D eigenvalue weighted by Crippen LogP contribution is 2.34. The van der Waals surface area contributed by atoms with E-state index in [-0.39, 0.29) is 42.1 Å². The Kier molecular flexibility index (Phi) is 15.6. The van der Waals surface area contributed by atoms with E-state index in [9.17, 15) is 19.5 Å². The molecule has 2 aromatic heterocycles. The topological polar surface area (TPSA) is 210 Å². The number of ether oxygens (including phenoxy) is 1. The summed E-state index contributed by atoms with van der Waals surface area (Å²) in [6.07, 6.45) is 11.9. The van der Waals surface area contributed by atoms with Crippen LogP contribution in [0.5, 0.6) is 5.75 Å². The van der Waals surface area contributed by atoms with Crippen molar-refractivity contribution < 1.29 is 24.2 Å². The average molecular weight is 849 g/mol. The number of morpholine rings is 1. The first-order chi connectivity index (χ1) is 29.8. The summed E-state index contributed by atoms with van der Waals surface area (Å²) < 4.78 is 8.55. The van der Waals surface area contributed by atoms with Gasteiger partial charge in [0, 0.05) is 73.6 Å². The van der Waals surface area contributed by atoms with Gasteiger partial charge in [0.15, 0.2) is 0 Å². The number of carbonyl (C=O) groups excluding carboxylic acids is 3. The van der Waals surface area contributed by atoms with Crippen LogP contribution >= 0.6 is 0 Å².